The highest BCUT2D eigenvalue weighted by atomic mass is 32.1. The molecule has 1 heterocycles. The van der Waals surface area contributed by atoms with E-state index in [1.165, 1.54) is 16.8 Å². The molecule has 0 radical (unpaired) electrons. The van der Waals surface area contributed by atoms with Crippen LogP contribution in [0, 0.1) is 10.6 Å². The summed E-state index contributed by atoms with van der Waals surface area (Å²) in [7, 11) is 0. The maximum Gasteiger partial charge on any atom is 0.216 e. The van der Waals surface area contributed by atoms with Crippen LogP contribution >= 0.6 is 12.2 Å². The Morgan fingerprint density at radius 1 is 1.04 bits per heavy atom. The maximum atomic E-state index is 13.5. The fourth-order valence-corrected chi connectivity index (χ4v) is 2.88. The van der Waals surface area contributed by atoms with Crippen LogP contribution in [0.4, 0.5) is 4.39 Å². The summed E-state index contributed by atoms with van der Waals surface area (Å²) in [5, 5.41) is 13.6. The summed E-state index contributed by atoms with van der Waals surface area (Å²) in [5.41, 5.74) is 1.56. The summed E-state index contributed by atoms with van der Waals surface area (Å²) in [6.45, 7) is 0. The van der Waals surface area contributed by atoms with Crippen molar-refractivity contribution in [2.24, 2.45) is 5.10 Å². The zero-order valence-corrected chi connectivity index (χ0v) is 13.9. The van der Waals surface area contributed by atoms with Crippen LogP contribution < -0.4 is 0 Å². The van der Waals surface area contributed by atoms with Gasteiger partial charge in [0.1, 0.15) is 5.82 Å². The second-order valence-corrected chi connectivity index (χ2v) is 5.87. The molecule has 4 aromatic rings. The van der Waals surface area contributed by atoms with Gasteiger partial charge in [0.05, 0.1) is 6.21 Å². The number of nitrogens with zero attached hydrogens (tertiary/aromatic N) is 3. The maximum absolute atomic E-state index is 13.5. The fourth-order valence-electron chi connectivity index (χ4n) is 2.70. The second-order valence-electron chi connectivity index (χ2n) is 5.49. The van der Waals surface area contributed by atoms with Crippen molar-refractivity contribution in [1.29, 1.82) is 0 Å². The molecule has 1 aromatic heterocycles. The number of nitrogens with one attached hydrogen (secondary N) is 1. The van der Waals surface area contributed by atoms with Gasteiger partial charge in [-0.25, -0.2) is 9.49 Å². The highest BCUT2D eigenvalue weighted by Gasteiger charge is 2.09. The Balaban J connectivity index is 1.80. The number of hydrogen-bond donors (Lipinski definition) is 1. The van der Waals surface area contributed by atoms with Crippen LogP contribution in [-0.2, 0) is 0 Å². The lowest BCUT2D eigenvalue weighted by molar-refractivity contribution is 0.628. The first-order valence-corrected chi connectivity index (χ1v) is 8.09. The first kappa shape index (κ1) is 15.4. The van der Waals surface area contributed by atoms with Gasteiger partial charge in [0.2, 0.25) is 4.77 Å². The molecule has 3 aromatic carbocycles. The Labute approximate surface area is 148 Å². The molecule has 0 saturated carbocycles. The third-order valence-electron chi connectivity index (χ3n) is 3.87. The Hall–Kier alpha value is -3.12. The molecule has 0 amide bonds. The van der Waals surface area contributed by atoms with Gasteiger partial charge in [-0.15, -0.1) is 0 Å². The summed E-state index contributed by atoms with van der Waals surface area (Å²) in [6, 6.07) is 20.3. The Kier molecular flexibility index (Phi) is 3.95. The van der Waals surface area contributed by atoms with Crippen LogP contribution in [0.15, 0.2) is 71.8 Å². The standard InChI is InChI=1S/C19H13FN4S/c20-16-9-4-7-14(11-16)18-22-23-19(25)24(18)21-12-15-8-3-6-13-5-1-2-10-17(13)15/h1-12H,(H,23,25)/b21-12-. The fraction of sp³-hybridized carbons (Fsp3) is 0. The van der Waals surface area contributed by atoms with E-state index < -0.39 is 0 Å². The molecule has 0 aliphatic rings. The summed E-state index contributed by atoms with van der Waals surface area (Å²) < 4.78 is 15.3. The van der Waals surface area contributed by atoms with Gasteiger partial charge in [0, 0.05) is 11.1 Å². The number of rotatable bonds is 3. The van der Waals surface area contributed by atoms with Crippen LogP contribution in [-0.4, -0.2) is 21.1 Å². The Morgan fingerprint density at radius 2 is 1.84 bits per heavy atom. The molecule has 0 bridgehead atoms. The molecule has 4 nitrogen and oxygen atoms in total. The third kappa shape index (κ3) is 2.99. The summed E-state index contributed by atoms with van der Waals surface area (Å²) >= 11 is 5.25. The van der Waals surface area contributed by atoms with Crippen LogP contribution in [0.5, 0.6) is 0 Å². The molecule has 6 heteroatoms. The zero-order chi connectivity index (χ0) is 17.2. The Morgan fingerprint density at radius 3 is 2.72 bits per heavy atom. The number of H-pyrrole nitrogens is 1. The molecule has 122 valence electrons. The van der Waals surface area contributed by atoms with E-state index in [4.69, 9.17) is 12.2 Å². The normalized spacial score (nSPS) is 11.4. The Bertz CT molecular complexity index is 1140. The summed E-state index contributed by atoms with van der Waals surface area (Å²) in [5.74, 6) is 0.122. The van der Waals surface area contributed by atoms with Crippen molar-refractivity contribution >= 4 is 29.2 Å². The smallest absolute Gasteiger partial charge is 0.216 e. The number of halogens is 1. The van der Waals surface area contributed by atoms with Gasteiger partial charge < -0.3 is 0 Å². The first-order chi connectivity index (χ1) is 12.2. The van der Waals surface area contributed by atoms with Gasteiger partial charge in [-0.2, -0.15) is 14.9 Å². The average molecular weight is 348 g/mol. The van der Waals surface area contributed by atoms with Gasteiger partial charge in [-0.3, -0.25) is 0 Å². The van der Waals surface area contributed by atoms with Crippen LogP contribution in [0.3, 0.4) is 0 Å². The van der Waals surface area contributed by atoms with E-state index in [9.17, 15) is 4.39 Å². The van der Waals surface area contributed by atoms with E-state index in [1.807, 2.05) is 42.5 Å². The van der Waals surface area contributed by atoms with Gasteiger partial charge >= 0.3 is 0 Å². The number of aromatic nitrogens is 3. The van der Waals surface area contributed by atoms with Gasteiger partial charge in [-0.1, -0.05) is 54.6 Å². The molecule has 25 heavy (non-hydrogen) atoms. The van der Waals surface area contributed by atoms with E-state index in [0.717, 1.165) is 16.3 Å². The quantitative estimate of drug-likeness (QED) is 0.428. The topological polar surface area (TPSA) is 46.0 Å². The molecular formula is C19H13FN4S. The second kappa shape index (κ2) is 6.41. The minimum Gasteiger partial charge on any atom is -0.250 e. The first-order valence-electron chi connectivity index (χ1n) is 7.68. The van der Waals surface area contributed by atoms with Gasteiger partial charge in [0.15, 0.2) is 5.82 Å². The van der Waals surface area contributed by atoms with E-state index >= 15 is 0 Å². The molecule has 0 unspecified atom stereocenters. The van der Waals surface area contributed by atoms with E-state index in [1.54, 1.807) is 18.3 Å². The van der Waals surface area contributed by atoms with E-state index in [2.05, 4.69) is 15.3 Å². The minimum atomic E-state index is -0.337. The molecule has 0 aliphatic heterocycles. The van der Waals surface area contributed by atoms with Gasteiger partial charge in [0.25, 0.3) is 0 Å². The van der Waals surface area contributed by atoms with E-state index in [-0.39, 0.29) is 5.82 Å². The molecule has 1 N–H and O–H groups in total. The number of benzene rings is 3. The largest absolute Gasteiger partial charge is 0.250 e. The molecule has 0 spiro atoms. The lowest BCUT2D eigenvalue weighted by Crippen LogP contribution is -1.95. The SMILES string of the molecule is Fc1cccc(-c2n[nH]c(=S)n2/N=C\c2cccc3ccccc23)c1. The predicted octanol–water partition coefficient (Wildman–Crippen LogP) is 4.78. The highest BCUT2D eigenvalue weighted by molar-refractivity contribution is 7.71. The lowest BCUT2D eigenvalue weighted by Gasteiger charge is -2.03. The van der Waals surface area contributed by atoms with Crippen LogP contribution in [0.1, 0.15) is 5.56 Å². The third-order valence-corrected chi connectivity index (χ3v) is 4.13. The average Bonchev–Trinajstić information content (AvgIpc) is 3.00. The van der Waals surface area contributed by atoms with Crippen molar-refractivity contribution in [2.45, 2.75) is 0 Å². The number of fused-ring (bicyclic) bond motifs is 1. The monoisotopic (exact) mass is 348 g/mol. The highest BCUT2D eigenvalue weighted by Crippen LogP contribution is 2.19. The minimum absolute atomic E-state index is 0.337. The van der Waals surface area contributed by atoms with Crippen LogP contribution in [0.25, 0.3) is 22.2 Å². The number of hydrogen-bond acceptors (Lipinski definition) is 3. The van der Waals surface area contributed by atoms with Gasteiger partial charge in [-0.05, 0) is 35.1 Å². The zero-order valence-electron chi connectivity index (χ0n) is 13.1. The van der Waals surface area contributed by atoms with Crippen molar-refractivity contribution in [3.05, 3.63) is 82.9 Å². The van der Waals surface area contributed by atoms with Crippen molar-refractivity contribution in [2.75, 3.05) is 0 Å². The molecule has 4 rings (SSSR count). The van der Waals surface area contributed by atoms with Crippen molar-refractivity contribution < 1.29 is 4.39 Å². The molecular weight excluding hydrogens is 335 g/mol. The predicted molar refractivity (Wildman–Crippen MR) is 99.7 cm³/mol. The van der Waals surface area contributed by atoms with E-state index in [0.29, 0.717) is 16.2 Å². The van der Waals surface area contributed by atoms with Crippen LogP contribution in [0.2, 0.25) is 0 Å². The van der Waals surface area contributed by atoms with Crippen molar-refractivity contribution in [3.8, 4) is 11.4 Å². The van der Waals surface area contributed by atoms with Crippen molar-refractivity contribution in [3.63, 3.8) is 0 Å². The molecule has 0 atom stereocenters. The van der Waals surface area contributed by atoms with Crippen molar-refractivity contribution in [1.82, 2.24) is 14.9 Å². The molecule has 0 fully saturated rings. The molecule has 0 aliphatic carbocycles. The summed E-state index contributed by atoms with van der Waals surface area (Å²) in [6.07, 6.45) is 1.73. The summed E-state index contributed by atoms with van der Waals surface area (Å²) in [4.78, 5) is 0. The number of aromatic amines is 1. The molecule has 0 saturated heterocycles. The lowest BCUT2D eigenvalue weighted by atomic mass is 10.1.